The zero-order valence-corrected chi connectivity index (χ0v) is 17.4. The summed E-state index contributed by atoms with van der Waals surface area (Å²) >= 11 is 0. The number of benzene rings is 1. The van der Waals surface area contributed by atoms with E-state index in [9.17, 15) is 5.11 Å². The monoisotopic (exact) mass is 411 g/mol. The number of ether oxygens (including phenoxy) is 1. The fraction of sp³-hybridized carbons (Fsp3) is 0.524. The maximum atomic E-state index is 10.2. The van der Waals surface area contributed by atoms with Gasteiger partial charge < -0.3 is 19.6 Å². The molecule has 1 aromatic carbocycles. The number of para-hydroxylation sites is 1. The number of nitrogens with one attached hydrogen (secondary N) is 1. The van der Waals surface area contributed by atoms with E-state index in [4.69, 9.17) is 9.72 Å². The van der Waals surface area contributed by atoms with Crippen LogP contribution in [0.1, 0.15) is 44.1 Å². The number of aromatic nitrogens is 3. The lowest BCUT2D eigenvalue weighted by Gasteiger charge is -2.30. The van der Waals surface area contributed by atoms with Crippen LogP contribution in [0.25, 0.3) is 0 Å². The van der Waals surface area contributed by atoms with Gasteiger partial charge in [-0.25, -0.2) is 5.43 Å². The van der Waals surface area contributed by atoms with E-state index in [0.717, 1.165) is 51.9 Å². The molecule has 0 spiro atoms. The van der Waals surface area contributed by atoms with Crippen LogP contribution in [0.2, 0.25) is 0 Å². The smallest absolute Gasteiger partial charge is 0.250 e. The number of anilines is 3. The van der Waals surface area contributed by atoms with Crippen molar-refractivity contribution >= 4 is 24.1 Å². The Morgan fingerprint density at radius 3 is 2.10 bits per heavy atom. The minimum absolute atomic E-state index is 0.0456. The average Bonchev–Trinajstić information content (AvgIpc) is 2.81. The number of aromatic hydroxyl groups is 1. The number of rotatable bonds is 6. The summed E-state index contributed by atoms with van der Waals surface area (Å²) in [5, 5.41) is 14.5. The van der Waals surface area contributed by atoms with Gasteiger partial charge in [0.15, 0.2) is 11.5 Å². The topological polar surface area (TPSA) is 99.0 Å². The van der Waals surface area contributed by atoms with Crippen molar-refractivity contribution in [2.45, 2.75) is 38.5 Å². The van der Waals surface area contributed by atoms with Crippen molar-refractivity contribution in [3.8, 4) is 11.5 Å². The number of hydrogen-bond acceptors (Lipinski definition) is 9. The molecule has 9 heteroatoms. The molecule has 30 heavy (non-hydrogen) atoms. The molecule has 2 N–H and O–H groups in total. The van der Waals surface area contributed by atoms with Crippen LogP contribution in [-0.2, 0) is 0 Å². The molecule has 3 heterocycles. The Labute approximate surface area is 176 Å². The molecule has 2 saturated heterocycles. The van der Waals surface area contributed by atoms with Gasteiger partial charge in [0.25, 0.3) is 0 Å². The molecule has 0 aliphatic carbocycles. The molecular weight excluding hydrogens is 382 g/mol. The fourth-order valence-corrected chi connectivity index (χ4v) is 3.84. The predicted molar refractivity (Wildman–Crippen MR) is 118 cm³/mol. The summed E-state index contributed by atoms with van der Waals surface area (Å²) in [5.74, 6) is 2.26. The molecule has 0 unspecified atom stereocenters. The molecule has 0 amide bonds. The van der Waals surface area contributed by atoms with Gasteiger partial charge in [-0.3, -0.25) is 0 Å². The molecule has 0 bridgehead atoms. The van der Waals surface area contributed by atoms with E-state index in [1.807, 2.05) is 0 Å². The van der Waals surface area contributed by atoms with Crippen molar-refractivity contribution in [1.82, 2.24) is 15.0 Å². The predicted octanol–water partition coefficient (Wildman–Crippen LogP) is 3.01. The van der Waals surface area contributed by atoms with Crippen LogP contribution in [0.15, 0.2) is 23.3 Å². The Bertz CT molecular complexity index is 841. The first-order valence-corrected chi connectivity index (χ1v) is 10.7. The van der Waals surface area contributed by atoms with Gasteiger partial charge in [0.05, 0.1) is 13.3 Å². The van der Waals surface area contributed by atoms with Crippen LogP contribution < -0.4 is 20.0 Å². The summed E-state index contributed by atoms with van der Waals surface area (Å²) in [5.41, 5.74) is 3.46. The van der Waals surface area contributed by atoms with Crippen molar-refractivity contribution in [1.29, 1.82) is 0 Å². The molecule has 4 rings (SSSR count). The number of piperidine rings is 2. The van der Waals surface area contributed by atoms with E-state index in [1.54, 1.807) is 18.2 Å². The lowest BCUT2D eigenvalue weighted by Crippen LogP contribution is -2.34. The zero-order chi connectivity index (χ0) is 20.8. The molecule has 2 aliphatic heterocycles. The third-order valence-corrected chi connectivity index (χ3v) is 5.51. The number of hydrazone groups is 1. The van der Waals surface area contributed by atoms with Crippen molar-refractivity contribution in [3.05, 3.63) is 23.8 Å². The average molecular weight is 412 g/mol. The SMILES string of the molecule is COc1cccc(/C=N/Nc2nc(N3CCCCC3)nc(N3CCCCC3)n2)c1O. The zero-order valence-electron chi connectivity index (χ0n) is 17.4. The van der Waals surface area contributed by atoms with Crippen molar-refractivity contribution in [3.63, 3.8) is 0 Å². The summed E-state index contributed by atoms with van der Waals surface area (Å²) in [6.45, 7) is 3.85. The molecule has 2 fully saturated rings. The highest BCUT2D eigenvalue weighted by Gasteiger charge is 2.20. The highest BCUT2D eigenvalue weighted by Crippen LogP contribution is 2.28. The van der Waals surface area contributed by atoms with E-state index < -0.39 is 0 Å². The van der Waals surface area contributed by atoms with Crippen LogP contribution in [0.4, 0.5) is 17.8 Å². The summed E-state index contributed by atoms with van der Waals surface area (Å²) in [4.78, 5) is 18.4. The Kier molecular flexibility index (Phi) is 6.46. The molecule has 2 aliphatic rings. The van der Waals surface area contributed by atoms with Crippen LogP contribution in [0.5, 0.6) is 11.5 Å². The Hall–Kier alpha value is -3.10. The second-order valence-corrected chi connectivity index (χ2v) is 7.62. The summed E-state index contributed by atoms with van der Waals surface area (Å²) in [6.07, 6.45) is 8.64. The molecule has 9 nitrogen and oxygen atoms in total. The second kappa shape index (κ2) is 9.60. The van der Waals surface area contributed by atoms with Gasteiger partial charge in [-0.05, 0) is 50.7 Å². The lowest BCUT2D eigenvalue weighted by atomic mass is 10.1. The van der Waals surface area contributed by atoms with Gasteiger partial charge in [0.2, 0.25) is 17.8 Å². The second-order valence-electron chi connectivity index (χ2n) is 7.62. The molecule has 0 atom stereocenters. The molecule has 2 aromatic rings. The van der Waals surface area contributed by atoms with Crippen molar-refractivity contribution < 1.29 is 9.84 Å². The van der Waals surface area contributed by atoms with Gasteiger partial charge in [-0.15, -0.1) is 0 Å². The van der Waals surface area contributed by atoms with Crippen LogP contribution in [-0.4, -0.2) is 59.6 Å². The number of methoxy groups -OCH3 is 1. The number of hydrogen-bond donors (Lipinski definition) is 2. The molecule has 1 aromatic heterocycles. The standard InChI is InChI=1S/C21H29N7O2/c1-30-17-10-8-9-16(18(17)29)15-22-26-19-23-20(27-11-4-2-5-12-27)25-21(24-19)28-13-6-3-7-14-28/h8-10,15,29H,2-7,11-14H2,1H3,(H,23,24,25,26)/b22-15+. The highest BCUT2D eigenvalue weighted by atomic mass is 16.5. The number of nitrogens with zero attached hydrogens (tertiary/aromatic N) is 6. The van der Waals surface area contributed by atoms with Gasteiger partial charge in [-0.2, -0.15) is 20.1 Å². The van der Waals surface area contributed by atoms with Gasteiger partial charge >= 0.3 is 0 Å². The van der Waals surface area contributed by atoms with Crippen molar-refractivity contribution in [2.24, 2.45) is 5.10 Å². The van der Waals surface area contributed by atoms with Crippen molar-refractivity contribution in [2.75, 3.05) is 48.5 Å². The molecule has 0 saturated carbocycles. The van der Waals surface area contributed by atoms with E-state index in [0.29, 0.717) is 29.2 Å². The first-order chi connectivity index (χ1) is 14.7. The third kappa shape index (κ3) is 4.72. The summed E-state index contributed by atoms with van der Waals surface area (Å²) in [6, 6.07) is 5.25. The first-order valence-electron chi connectivity index (χ1n) is 10.7. The Morgan fingerprint density at radius 2 is 1.53 bits per heavy atom. The van der Waals surface area contributed by atoms with E-state index in [2.05, 4.69) is 30.3 Å². The van der Waals surface area contributed by atoms with Crippen LogP contribution in [0.3, 0.4) is 0 Å². The quantitative estimate of drug-likeness (QED) is 0.553. The summed E-state index contributed by atoms with van der Waals surface area (Å²) in [7, 11) is 1.52. The third-order valence-electron chi connectivity index (χ3n) is 5.51. The maximum absolute atomic E-state index is 10.2. The number of phenols is 1. The minimum Gasteiger partial charge on any atom is -0.504 e. The minimum atomic E-state index is 0.0456. The lowest BCUT2D eigenvalue weighted by molar-refractivity contribution is 0.373. The summed E-state index contributed by atoms with van der Waals surface area (Å²) < 4.78 is 5.14. The highest BCUT2D eigenvalue weighted by molar-refractivity contribution is 5.85. The number of phenolic OH excluding ortho intramolecular Hbond substituents is 1. The largest absolute Gasteiger partial charge is 0.504 e. The molecule has 0 radical (unpaired) electrons. The Morgan fingerprint density at radius 1 is 0.933 bits per heavy atom. The normalized spacial score (nSPS) is 17.4. The fourth-order valence-electron chi connectivity index (χ4n) is 3.84. The maximum Gasteiger partial charge on any atom is 0.250 e. The van der Waals surface area contributed by atoms with Gasteiger partial charge in [0.1, 0.15) is 0 Å². The Balaban J connectivity index is 1.56. The van der Waals surface area contributed by atoms with E-state index in [1.165, 1.54) is 26.2 Å². The van der Waals surface area contributed by atoms with Gasteiger partial charge in [-0.1, -0.05) is 6.07 Å². The van der Waals surface area contributed by atoms with Crippen LogP contribution >= 0.6 is 0 Å². The first kappa shape index (κ1) is 20.2. The van der Waals surface area contributed by atoms with Gasteiger partial charge in [0, 0.05) is 31.7 Å². The van der Waals surface area contributed by atoms with E-state index >= 15 is 0 Å². The molecule has 160 valence electrons. The van der Waals surface area contributed by atoms with Crippen LogP contribution in [0, 0.1) is 0 Å². The van der Waals surface area contributed by atoms with E-state index in [-0.39, 0.29) is 5.75 Å². The molecular formula is C21H29N7O2.